The summed E-state index contributed by atoms with van der Waals surface area (Å²) in [7, 11) is 3.18. The van der Waals surface area contributed by atoms with Crippen molar-refractivity contribution in [1.82, 2.24) is 4.90 Å². The van der Waals surface area contributed by atoms with Crippen molar-refractivity contribution >= 4 is 11.6 Å². The lowest BCUT2D eigenvalue weighted by atomic mass is 10.1. The Kier molecular flexibility index (Phi) is 5.43. The van der Waals surface area contributed by atoms with Crippen LogP contribution in [0.25, 0.3) is 0 Å². The third kappa shape index (κ3) is 4.05. The lowest BCUT2D eigenvalue weighted by Crippen LogP contribution is -2.39. The quantitative estimate of drug-likeness (QED) is 0.875. The van der Waals surface area contributed by atoms with Gasteiger partial charge in [-0.25, -0.2) is 0 Å². The van der Waals surface area contributed by atoms with Crippen molar-refractivity contribution in [3.8, 4) is 11.5 Å². The number of nitrogens with one attached hydrogen (secondary N) is 1. The zero-order valence-electron chi connectivity index (χ0n) is 14.7. The van der Waals surface area contributed by atoms with Gasteiger partial charge in [-0.3, -0.25) is 4.79 Å². The van der Waals surface area contributed by atoms with Crippen molar-refractivity contribution in [3.63, 3.8) is 0 Å². The highest BCUT2D eigenvalue weighted by Gasteiger charge is 2.29. The molecule has 0 bridgehead atoms. The van der Waals surface area contributed by atoms with Gasteiger partial charge < -0.3 is 19.7 Å². The molecule has 1 fully saturated rings. The zero-order valence-corrected chi connectivity index (χ0v) is 14.7. The predicted molar refractivity (Wildman–Crippen MR) is 98.5 cm³/mol. The van der Waals surface area contributed by atoms with Crippen LogP contribution in [-0.2, 0) is 0 Å². The number of hydrogen-bond acceptors (Lipinski definition) is 4. The van der Waals surface area contributed by atoms with Gasteiger partial charge in [-0.2, -0.15) is 0 Å². The Morgan fingerprint density at radius 2 is 1.80 bits per heavy atom. The van der Waals surface area contributed by atoms with Crippen LogP contribution in [0.1, 0.15) is 23.2 Å². The van der Waals surface area contributed by atoms with Gasteiger partial charge in [-0.15, -0.1) is 0 Å². The number of ether oxygens (including phenoxy) is 2. The molecular formula is C20H24N2O3. The summed E-state index contributed by atoms with van der Waals surface area (Å²) < 4.78 is 10.6. The normalized spacial score (nSPS) is 16.6. The molecule has 1 N–H and O–H groups in total. The molecule has 1 saturated heterocycles. The fraction of sp³-hybridized carbons (Fsp3) is 0.350. The Morgan fingerprint density at radius 1 is 1.12 bits per heavy atom. The smallest absolute Gasteiger partial charge is 0.254 e. The molecule has 1 heterocycles. The number of amides is 1. The Hall–Kier alpha value is -2.69. The van der Waals surface area contributed by atoms with Gasteiger partial charge in [0.1, 0.15) is 11.5 Å². The maximum Gasteiger partial charge on any atom is 0.254 e. The molecule has 2 aromatic rings. The molecule has 0 radical (unpaired) electrons. The standard InChI is InChI=1S/C20H24N2O3/c1-24-18-11-15(12-19(13-18)25-2)20(23)22-10-6-9-17(22)14-21-16-7-4-3-5-8-16/h3-5,7-8,11-13,17,21H,6,9-10,14H2,1-2H3/t17-/m0/s1. The van der Waals surface area contributed by atoms with Crippen LogP contribution in [0.5, 0.6) is 11.5 Å². The first-order chi connectivity index (χ1) is 12.2. The first-order valence-corrected chi connectivity index (χ1v) is 8.54. The van der Waals surface area contributed by atoms with Gasteiger partial charge >= 0.3 is 0 Å². The molecule has 1 amide bonds. The monoisotopic (exact) mass is 340 g/mol. The maximum absolute atomic E-state index is 13.0. The van der Waals surface area contributed by atoms with Gasteiger partial charge in [0.05, 0.1) is 14.2 Å². The molecule has 0 saturated carbocycles. The summed E-state index contributed by atoms with van der Waals surface area (Å²) in [4.78, 5) is 14.9. The number of anilines is 1. The lowest BCUT2D eigenvalue weighted by molar-refractivity contribution is 0.0743. The number of nitrogens with zero attached hydrogens (tertiary/aromatic N) is 1. The van der Waals surface area contributed by atoms with E-state index in [1.54, 1.807) is 32.4 Å². The summed E-state index contributed by atoms with van der Waals surface area (Å²) in [5.74, 6) is 1.27. The first-order valence-electron chi connectivity index (χ1n) is 8.54. The number of hydrogen-bond donors (Lipinski definition) is 1. The summed E-state index contributed by atoms with van der Waals surface area (Å²) in [6.45, 7) is 1.52. The van der Waals surface area contributed by atoms with E-state index in [4.69, 9.17) is 9.47 Å². The molecule has 0 aromatic heterocycles. The van der Waals surface area contributed by atoms with Gasteiger partial charge in [0, 0.05) is 36.4 Å². The molecule has 25 heavy (non-hydrogen) atoms. The molecular weight excluding hydrogens is 316 g/mol. The van der Waals surface area contributed by atoms with E-state index in [2.05, 4.69) is 5.32 Å². The SMILES string of the molecule is COc1cc(OC)cc(C(=O)N2CCC[C@H]2CNc2ccccc2)c1. The van der Waals surface area contributed by atoms with Gasteiger partial charge in [-0.05, 0) is 37.1 Å². The van der Waals surface area contributed by atoms with Crippen molar-refractivity contribution in [2.24, 2.45) is 0 Å². The number of methoxy groups -OCH3 is 2. The molecule has 0 spiro atoms. The Balaban J connectivity index is 1.72. The van der Waals surface area contributed by atoms with E-state index in [-0.39, 0.29) is 11.9 Å². The highest BCUT2D eigenvalue weighted by Crippen LogP contribution is 2.26. The van der Waals surface area contributed by atoms with Crippen molar-refractivity contribution in [2.45, 2.75) is 18.9 Å². The van der Waals surface area contributed by atoms with Gasteiger partial charge in [-0.1, -0.05) is 18.2 Å². The third-order valence-electron chi connectivity index (χ3n) is 4.55. The molecule has 1 aliphatic rings. The molecule has 2 aromatic carbocycles. The second-order valence-corrected chi connectivity index (χ2v) is 6.14. The minimum absolute atomic E-state index is 0.0227. The summed E-state index contributed by atoms with van der Waals surface area (Å²) in [6.07, 6.45) is 2.03. The van der Waals surface area contributed by atoms with Crippen molar-refractivity contribution in [3.05, 3.63) is 54.1 Å². The molecule has 132 valence electrons. The second kappa shape index (κ2) is 7.92. The average molecular weight is 340 g/mol. The van der Waals surface area contributed by atoms with Crippen LogP contribution in [0.4, 0.5) is 5.69 Å². The van der Waals surface area contributed by atoms with Crippen LogP contribution in [0.2, 0.25) is 0 Å². The number of rotatable bonds is 6. The molecule has 1 aliphatic heterocycles. The van der Waals surface area contributed by atoms with E-state index < -0.39 is 0 Å². The van der Waals surface area contributed by atoms with Crippen LogP contribution in [0.3, 0.4) is 0 Å². The minimum Gasteiger partial charge on any atom is -0.497 e. The predicted octanol–water partition coefficient (Wildman–Crippen LogP) is 3.42. The second-order valence-electron chi connectivity index (χ2n) is 6.14. The Morgan fingerprint density at radius 3 is 2.44 bits per heavy atom. The lowest BCUT2D eigenvalue weighted by Gasteiger charge is -2.26. The fourth-order valence-electron chi connectivity index (χ4n) is 3.20. The Bertz CT molecular complexity index is 696. The van der Waals surface area contributed by atoms with Crippen LogP contribution in [-0.4, -0.2) is 44.2 Å². The third-order valence-corrected chi connectivity index (χ3v) is 4.55. The number of para-hydroxylation sites is 1. The van der Waals surface area contributed by atoms with E-state index in [1.165, 1.54) is 0 Å². The van der Waals surface area contributed by atoms with E-state index >= 15 is 0 Å². The number of likely N-dealkylation sites (tertiary alicyclic amines) is 1. The summed E-state index contributed by atoms with van der Waals surface area (Å²) in [6, 6.07) is 15.6. The van der Waals surface area contributed by atoms with Crippen molar-refractivity contribution in [2.75, 3.05) is 32.6 Å². The fourth-order valence-corrected chi connectivity index (χ4v) is 3.20. The molecule has 5 heteroatoms. The molecule has 0 aliphatic carbocycles. The highest BCUT2D eigenvalue weighted by atomic mass is 16.5. The van der Waals surface area contributed by atoms with Crippen LogP contribution >= 0.6 is 0 Å². The molecule has 0 unspecified atom stereocenters. The number of carbonyl (C=O) groups is 1. The zero-order chi connectivity index (χ0) is 17.6. The van der Waals surface area contributed by atoms with Crippen molar-refractivity contribution in [1.29, 1.82) is 0 Å². The first kappa shape index (κ1) is 17.1. The molecule has 1 atom stereocenters. The Labute approximate surface area is 148 Å². The average Bonchev–Trinajstić information content (AvgIpc) is 3.14. The number of carbonyl (C=O) groups excluding carboxylic acids is 1. The van der Waals surface area contributed by atoms with E-state index in [1.807, 2.05) is 35.2 Å². The summed E-state index contributed by atoms with van der Waals surface area (Å²) >= 11 is 0. The summed E-state index contributed by atoms with van der Waals surface area (Å²) in [5, 5.41) is 3.42. The van der Waals surface area contributed by atoms with Gasteiger partial charge in [0.15, 0.2) is 0 Å². The van der Waals surface area contributed by atoms with Crippen molar-refractivity contribution < 1.29 is 14.3 Å². The largest absolute Gasteiger partial charge is 0.497 e. The van der Waals surface area contributed by atoms with Crippen LogP contribution in [0, 0.1) is 0 Å². The summed E-state index contributed by atoms with van der Waals surface area (Å²) in [5.41, 5.74) is 1.67. The topological polar surface area (TPSA) is 50.8 Å². The molecule has 5 nitrogen and oxygen atoms in total. The minimum atomic E-state index is 0.0227. The van der Waals surface area contributed by atoms with E-state index in [0.717, 1.165) is 31.6 Å². The van der Waals surface area contributed by atoms with Gasteiger partial charge in [0.25, 0.3) is 5.91 Å². The maximum atomic E-state index is 13.0. The van der Waals surface area contributed by atoms with Crippen LogP contribution < -0.4 is 14.8 Å². The molecule has 3 rings (SSSR count). The van der Waals surface area contributed by atoms with E-state index in [0.29, 0.717) is 17.1 Å². The van der Waals surface area contributed by atoms with Crippen LogP contribution in [0.15, 0.2) is 48.5 Å². The highest BCUT2D eigenvalue weighted by molar-refractivity contribution is 5.95. The van der Waals surface area contributed by atoms with Gasteiger partial charge in [0.2, 0.25) is 0 Å². The van der Waals surface area contributed by atoms with E-state index in [9.17, 15) is 4.79 Å². The number of benzene rings is 2.